The second kappa shape index (κ2) is 8.58. The Kier molecular flexibility index (Phi) is 5.69. The lowest BCUT2D eigenvalue weighted by Gasteiger charge is -2.29. The fraction of sp³-hybridized carbons (Fsp3) is 0.308. The Morgan fingerprint density at radius 2 is 1.90 bits per heavy atom. The third-order valence-electron chi connectivity index (χ3n) is 5.88. The first-order chi connectivity index (χ1) is 15.1. The van der Waals surface area contributed by atoms with Gasteiger partial charge in [0.15, 0.2) is 0 Å². The molecule has 0 saturated carbocycles. The van der Waals surface area contributed by atoms with Gasteiger partial charge in [0, 0.05) is 40.6 Å². The molecule has 0 bridgehead atoms. The summed E-state index contributed by atoms with van der Waals surface area (Å²) < 4.78 is 12.3. The number of anilines is 1. The van der Waals surface area contributed by atoms with E-state index in [1.54, 1.807) is 12.3 Å². The number of nitriles is 2. The maximum absolute atomic E-state index is 9.36. The van der Waals surface area contributed by atoms with Crippen LogP contribution in [-0.2, 0) is 11.2 Å². The number of hydrogen-bond donors (Lipinski definition) is 1. The topological polar surface area (TPSA) is 78.1 Å². The molecule has 31 heavy (non-hydrogen) atoms. The van der Waals surface area contributed by atoms with E-state index in [9.17, 15) is 10.5 Å². The largest absolute Gasteiger partial charge is 0.464 e. The summed E-state index contributed by atoms with van der Waals surface area (Å²) >= 11 is 0. The van der Waals surface area contributed by atoms with Gasteiger partial charge in [-0.25, -0.2) is 0 Å². The minimum Gasteiger partial charge on any atom is -0.464 e. The average molecular weight is 412 g/mol. The molecule has 0 fully saturated rings. The van der Waals surface area contributed by atoms with E-state index in [2.05, 4.69) is 44.3 Å². The Labute approximate surface area is 183 Å². The van der Waals surface area contributed by atoms with Crippen LogP contribution in [0.1, 0.15) is 51.2 Å². The van der Waals surface area contributed by atoms with Gasteiger partial charge in [0.05, 0.1) is 6.26 Å². The van der Waals surface area contributed by atoms with Gasteiger partial charge in [-0.05, 0) is 68.9 Å². The fourth-order valence-corrected chi connectivity index (χ4v) is 4.37. The predicted octanol–water partition coefficient (Wildman–Crippen LogP) is 6.06. The lowest BCUT2D eigenvalue weighted by molar-refractivity contribution is 0.328. The molecular formula is C26H25N3O2. The molecule has 2 aliphatic heterocycles. The summed E-state index contributed by atoms with van der Waals surface area (Å²) in [6, 6.07) is 8.31. The van der Waals surface area contributed by atoms with Gasteiger partial charge in [0.2, 0.25) is 0 Å². The Morgan fingerprint density at radius 3 is 2.61 bits per heavy atom. The van der Waals surface area contributed by atoms with E-state index in [0.29, 0.717) is 11.3 Å². The van der Waals surface area contributed by atoms with Gasteiger partial charge < -0.3 is 14.8 Å². The molecule has 5 heteroatoms. The molecule has 2 heterocycles. The normalized spacial score (nSPS) is 19.3. The third kappa shape index (κ3) is 3.64. The maximum Gasteiger partial charge on any atom is 0.137 e. The Morgan fingerprint density at radius 1 is 1.13 bits per heavy atom. The lowest BCUT2D eigenvalue weighted by Crippen LogP contribution is -2.15. The Hall–Kier alpha value is -3.70. The molecule has 0 saturated heterocycles. The Bertz CT molecular complexity index is 1160. The molecule has 1 N–H and O–H groups in total. The zero-order valence-electron chi connectivity index (χ0n) is 18.1. The van der Waals surface area contributed by atoms with Crippen LogP contribution in [0, 0.1) is 22.7 Å². The molecule has 1 aliphatic carbocycles. The molecule has 0 radical (unpaired) electrons. The molecule has 0 aromatic heterocycles. The van der Waals surface area contributed by atoms with Crippen LogP contribution < -0.4 is 10.1 Å². The highest BCUT2D eigenvalue weighted by molar-refractivity contribution is 5.78. The minimum atomic E-state index is 0.113. The molecule has 4 rings (SSSR count). The SMILES string of the molecule is CCNc1cc2c(cc1CC)C(C)=CC(=C1CCCC3=C1OC=CC3=C(C#N)C#N)O2. The number of aryl methyl sites for hydroxylation is 1. The second-order valence-corrected chi connectivity index (χ2v) is 7.76. The number of rotatable bonds is 3. The van der Waals surface area contributed by atoms with Gasteiger partial charge >= 0.3 is 0 Å². The number of allylic oxidation sites excluding steroid dienone is 7. The van der Waals surface area contributed by atoms with E-state index in [4.69, 9.17) is 9.47 Å². The van der Waals surface area contributed by atoms with Crippen molar-refractivity contribution in [1.82, 2.24) is 0 Å². The summed E-state index contributed by atoms with van der Waals surface area (Å²) in [7, 11) is 0. The first kappa shape index (κ1) is 20.6. The molecule has 0 spiro atoms. The van der Waals surface area contributed by atoms with Crippen LogP contribution in [0.25, 0.3) is 5.57 Å². The first-order valence-corrected chi connectivity index (χ1v) is 10.7. The standard InChI is InChI=1S/C26H25N3O2/c1-4-17-12-22-16(3)11-24(31-25(22)13-23(17)29-5-2)21-8-6-7-20-19(18(14-27)15-28)9-10-30-26(20)21/h9-13,29H,4-8H2,1-3H3. The third-order valence-corrected chi connectivity index (χ3v) is 5.88. The summed E-state index contributed by atoms with van der Waals surface area (Å²) in [4.78, 5) is 0. The summed E-state index contributed by atoms with van der Waals surface area (Å²) in [5.74, 6) is 2.32. The van der Waals surface area contributed by atoms with Crippen molar-refractivity contribution < 1.29 is 9.47 Å². The van der Waals surface area contributed by atoms with Crippen LogP contribution in [-0.4, -0.2) is 6.54 Å². The molecule has 0 atom stereocenters. The highest BCUT2D eigenvalue weighted by Crippen LogP contribution is 2.43. The van der Waals surface area contributed by atoms with E-state index in [0.717, 1.165) is 71.7 Å². The fourth-order valence-electron chi connectivity index (χ4n) is 4.37. The molecular weight excluding hydrogens is 386 g/mol. The van der Waals surface area contributed by atoms with Crippen LogP contribution in [0.5, 0.6) is 5.75 Å². The van der Waals surface area contributed by atoms with Crippen LogP contribution >= 0.6 is 0 Å². The number of hydrogen-bond acceptors (Lipinski definition) is 5. The van der Waals surface area contributed by atoms with E-state index in [1.165, 1.54) is 5.56 Å². The van der Waals surface area contributed by atoms with Gasteiger partial charge in [0.1, 0.15) is 35.0 Å². The summed E-state index contributed by atoms with van der Waals surface area (Å²) in [5.41, 5.74) is 7.27. The molecule has 1 aromatic carbocycles. The van der Waals surface area contributed by atoms with Crippen molar-refractivity contribution in [2.24, 2.45) is 0 Å². The van der Waals surface area contributed by atoms with E-state index < -0.39 is 0 Å². The van der Waals surface area contributed by atoms with E-state index in [1.807, 2.05) is 12.1 Å². The lowest BCUT2D eigenvalue weighted by atomic mass is 9.85. The predicted molar refractivity (Wildman–Crippen MR) is 121 cm³/mol. The van der Waals surface area contributed by atoms with Gasteiger partial charge in [0.25, 0.3) is 0 Å². The van der Waals surface area contributed by atoms with Crippen molar-refractivity contribution in [3.8, 4) is 17.9 Å². The number of fused-ring (bicyclic) bond motifs is 1. The van der Waals surface area contributed by atoms with Crippen molar-refractivity contribution in [1.29, 1.82) is 10.5 Å². The van der Waals surface area contributed by atoms with Gasteiger partial charge in [-0.1, -0.05) is 6.92 Å². The molecule has 156 valence electrons. The Balaban J connectivity index is 1.84. The summed E-state index contributed by atoms with van der Waals surface area (Å²) in [6.45, 7) is 7.19. The first-order valence-electron chi connectivity index (χ1n) is 10.7. The zero-order chi connectivity index (χ0) is 22.0. The van der Waals surface area contributed by atoms with Gasteiger partial charge in [-0.15, -0.1) is 0 Å². The quantitative estimate of drug-likeness (QED) is 0.612. The van der Waals surface area contributed by atoms with Gasteiger partial charge in [-0.3, -0.25) is 0 Å². The number of ether oxygens (including phenoxy) is 2. The number of nitrogens with one attached hydrogen (secondary N) is 1. The molecule has 3 aliphatic rings. The van der Waals surface area contributed by atoms with Crippen molar-refractivity contribution in [3.05, 3.63) is 75.5 Å². The van der Waals surface area contributed by atoms with E-state index >= 15 is 0 Å². The zero-order valence-corrected chi connectivity index (χ0v) is 18.1. The van der Waals surface area contributed by atoms with E-state index in [-0.39, 0.29) is 5.57 Å². The highest BCUT2D eigenvalue weighted by Gasteiger charge is 2.29. The number of nitrogens with zero attached hydrogens (tertiary/aromatic N) is 2. The van der Waals surface area contributed by atoms with Crippen molar-refractivity contribution in [2.45, 2.75) is 46.5 Å². The minimum absolute atomic E-state index is 0.113. The van der Waals surface area contributed by atoms with Gasteiger partial charge in [-0.2, -0.15) is 10.5 Å². The number of benzene rings is 1. The smallest absolute Gasteiger partial charge is 0.137 e. The molecule has 0 amide bonds. The molecule has 0 unspecified atom stereocenters. The molecule has 5 nitrogen and oxygen atoms in total. The van der Waals surface area contributed by atoms with Crippen LogP contribution in [0.2, 0.25) is 0 Å². The van der Waals surface area contributed by atoms with Crippen molar-refractivity contribution in [2.75, 3.05) is 11.9 Å². The summed E-state index contributed by atoms with van der Waals surface area (Å²) in [5, 5.41) is 22.2. The summed E-state index contributed by atoms with van der Waals surface area (Å²) in [6.07, 6.45) is 8.77. The highest BCUT2D eigenvalue weighted by atomic mass is 16.5. The van der Waals surface area contributed by atoms with Crippen molar-refractivity contribution >= 4 is 11.3 Å². The molecule has 1 aromatic rings. The van der Waals surface area contributed by atoms with Crippen LogP contribution in [0.15, 0.2) is 64.4 Å². The van der Waals surface area contributed by atoms with Crippen LogP contribution in [0.4, 0.5) is 5.69 Å². The average Bonchev–Trinajstić information content (AvgIpc) is 2.79. The monoisotopic (exact) mass is 411 g/mol. The second-order valence-electron chi connectivity index (χ2n) is 7.76. The maximum atomic E-state index is 9.36. The van der Waals surface area contributed by atoms with Crippen LogP contribution in [0.3, 0.4) is 0 Å². The van der Waals surface area contributed by atoms with Crippen molar-refractivity contribution in [3.63, 3.8) is 0 Å².